The molecule has 1 N–H and O–H groups in total. The van der Waals surface area contributed by atoms with Crippen molar-refractivity contribution in [2.45, 2.75) is 6.54 Å². The van der Waals surface area contributed by atoms with Gasteiger partial charge in [-0.2, -0.15) is 0 Å². The van der Waals surface area contributed by atoms with E-state index >= 15 is 0 Å². The van der Waals surface area contributed by atoms with Gasteiger partial charge in [-0.15, -0.1) is 0 Å². The van der Waals surface area contributed by atoms with E-state index in [1.165, 1.54) is 5.40 Å². The molecule has 1 aromatic heterocycles. The maximum absolute atomic E-state index is 8.33. The van der Waals surface area contributed by atoms with Crippen LogP contribution in [-0.2, 0) is 26.2 Å². The lowest BCUT2D eigenvalue weighted by Crippen LogP contribution is -2.29. The maximum Gasteiger partial charge on any atom is 0.243 e. The van der Waals surface area contributed by atoms with Crippen LogP contribution in [0.25, 0.3) is 0 Å². The first-order chi connectivity index (χ1) is 6.24. The van der Waals surface area contributed by atoms with Gasteiger partial charge in [-0.1, -0.05) is 5.40 Å². The van der Waals surface area contributed by atoms with Gasteiger partial charge >= 0.3 is 0 Å². The van der Waals surface area contributed by atoms with Crippen LogP contribution in [-0.4, -0.2) is 9.67 Å². The predicted molar refractivity (Wildman–Crippen MR) is 50.4 cm³/mol. The van der Waals surface area contributed by atoms with Crippen molar-refractivity contribution in [3.05, 3.63) is 31.1 Å². The summed E-state index contributed by atoms with van der Waals surface area (Å²) < 4.78 is 3.91. The molecule has 0 aliphatic carbocycles. The lowest BCUT2D eigenvalue weighted by Gasteiger charge is -1.84. The number of aryl methyl sites for hydroxylation is 1. The second-order valence-corrected chi connectivity index (χ2v) is 2.43. The van der Waals surface area contributed by atoms with Crippen LogP contribution in [0.4, 0.5) is 0 Å². The molecule has 5 heteroatoms. The zero-order chi connectivity index (χ0) is 10.1. The molecule has 0 saturated heterocycles. The lowest BCUT2D eigenvalue weighted by atomic mass is 10.6. The van der Waals surface area contributed by atoms with E-state index in [1.807, 2.05) is 34.9 Å². The summed E-state index contributed by atoms with van der Waals surface area (Å²) in [4.78, 5) is 0. The van der Waals surface area contributed by atoms with Gasteiger partial charge in [0.15, 0.2) is 0 Å². The third kappa shape index (κ3) is 5.70. The Labute approximate surface area is 82.8 Å². The Morgan fingerprint density at radius 1 is 1.77 bits per heavy atom. The van der Waals surface area contributed by atoms with Crippen molar-refractivity contribution in [3.63, 3.8) is 0 Å². The van der Waals surface area contributed by atoms with E-state index < -0.39 is 0 Å². The smallest absolute Gasteiger partial charge is 0.243 e. The van der Waals surface area contributed by atoms with Crippen LogP contribution in [0.5, 0.6) is 0 Å². The second kappa shape index (κ2) is 7.13. The van der Waals surface area contributed by atoms with E-state index in [0.29, 0.717) is 0 Å². The van der Waals surface area contributed by atoms with Gasteiger partial charge in [-0.05, 0) is 6.08 Å². The van der Waals surface area contributed by atoms with Crippen LogP contribution >= 0.6 is 0 Å². The monoisotopic (exact) mass is 197 g/mol. The van der Waals surface area contributed by atoms with Crippen molar-refractivity contribution in [1.82, 2.24) is 4.57 Å². The van der Waals surface area contributed by atoms with Crippen LogP contribution in [0.3, 0.4) is 0 Å². The average Bonchev–Trinajstić information content (AvgIpc) is 2.49. The molecule has 0 bridgehead atoms. The molecule has 0 radical (unpaired) electrons. The average molecular weight is 197 g/mol. The molecular formula is C8H11N3OS. The number of hydrogen-bond donors (Lipinski definition) is 1. The number of nitrogens with zero attached hydrogens (tertiary/aromatic N) is 3. The van der Waals surface area contributed by atoms with E-state index in [2.05, 4.69) is 12.6 Å². The Morgan fingerprint density at radius 3 is 2.77 bits per heavy atom. The number of aliphatic hydroxyl groups excluding tert-OH is 1. The number of aromatic nitrogens is 2. The van der Waals surface area contributed by atoms with E-state index in [0.717, 1.165) is 12.8 Å². The van der Waals surface area contributed by atoms with E-state index in [4.69, 9.17) is 10.4 Å². The third-order valence-electron chi connectivity index (χ3n) is 1.25. The fourth-order valence-electron chi connectivity index (χ4n) is 0.779. The lowest BCUT2D eigenvalue weighted by molar-refractivity contribution is -0.686. The van der Waals surface area contributed by atoms with Gasteiger partial charge in [0.1, 0.15) is 18.9 Å². The normalized spacial score (nSPS) is 8.92. The largest absolute Gasteiger partial charge is 0.696 e. The van der Waals surface area contributed by atoms with Crippen LogP contribution in [0.15, 0.2) is 31.1 Å². The number of aliphatic hydroxyl groups is 1. The fourth-order valence-corrected chi connectivity index (χ4v) is 0.779. The molecule has 1 aromatic rings. The maximum atomic E-state index is 8.33. The predicted octanol–water partition coefficient (Wildman–Crippen LogP) is 0.399. The van der Waals surface area contributed by atoms with E-state index in [9.17, 15) is 0 Å². The molecule has 0 unspecified atom stereocenters. The van der Waals surface area contributed by atoms with Gasteiger partial charge in [-0.25, -0.2) is 14.4 Å². The Hall–Kier alpha value is -1.54. The highest BCUT2D eigenvalue weighted by atomic mass is 32.1. The highest BCUT2D eigenvalue weighted by Gasteiger charge is 1.94. The SMILES string of the molecule is Cn1cc[n+](CC=CO)c1.N#C[S-]. The van der Waals surface area contributed by atoms with Crippen LogP contribution < -0.4 is 4.57 Å². The summed E-state index contributed by atoms with van der Waals surface area (Å²) in [6, 6.07) is 0. The number of allylic oxidation sites excluding steroid dienone is 1. The first-order valence-electron chi connectivity index (χ1n) is 3.56. The summed E-state index contributed by atoms with van der Waals surface area (Å²) in [7, 11) is 1.96. The number of rotatable bonds is 2. The first-order valence-corrected chi connectivity index (χ1v) is 3.97. The Bertz CT molecular complexity index is 301. The van der Waals surface area contributed by atoms with E-state index in [-0.39, 0.29) is 0 Å². The second-order valence-electron chi connectivity index (χ2n) is 2.25. The molecule has 0 aliphatic rings. The molecule has 0 fully saturated rings. The topological polar surface area (TPSA) is 52.8 Å². The van der Waals surface area contributed by atoms with Crippen molar-refractivity contribution in [2.24, 2.45) is 7.05 Å². The highest BCUT2D eigenvalue weighted by Crippen LogP contribution is 1.77. The minimum atomic E-state index is 0.720. The molecule has 0 spiro atoms. The molecule has 1 heterocycles. The molecule has 0 aromatic carbocycles. The minimum Gasteiger partial charge on any atom is -0.696 e. The van der Waals surface area contributed by atoms with Crippen LogP contribution in [0, 0.1) is 10.7 Å². The summed E-state index contributed by atoms with van der Waals surface area (Å²) in [6.07, 6.45) is 8.57. The third-order valence-corrected chi connectivity index (χ3v) is 1.25. The number of thiocyanates is 1. The molecule has 70 valence electrons. The quantitative estimate of drug-likeness (QED) is 0.323. The zero-order valence-electron chi connectivity index (χ0n) is 7.29. The van der Waals surface area contributed by atoms with Crippen molar-refractivity contribution >= 4 is 12.6 Å². The van der Waals surface area contributed by atoms with Crippen LogP contribution in [0.1, 0.15) is 0 Å². The summed E-state index contributed by atoms with van der Waals surface area (Å²) in [5.41, 5.74) is 0. The van der Waals surface area contributed by atoms with Gasteiger partial charge in [0.05, 0.1) is 13.3 Å². The number of imidazole rings is 1. The molecule has 13 heavy (non-hydrogen) atoms. The highest BCUT2D eigenvalue weighted by molar-refractivity contribution is 7.64. The van der Waals surface area contributed by atoms with Gasteiger partial charge in [0.25, 0.3) is 0 Å². The Balaban J connectivity index is 0.000000424. The van der Waals surface area contributed by atoms with Crippen molar-refractivity contribution < 1.29 is 9.67 Å². The number of hydrogen-bond acceptors (Lipinski definition) is 3. The molecule has 1 rings (SSSR count). The zero-order valence-corrected chi connectivity index (χ0v) is 8.11. The van der Waals surface area contributed by atoms with E-state index in [1.54, 1.807) is 6.08 Å². The summed E-state index contributed by atoms with van der Waals surface area (Å²) >= 11 is 3.70. The van der Waals surface area contributed by atoms with Gasteiger partial charge in [0, 0.05) is 0 Å². The van der Waals surface area contributed by atoms with Crippen molar-refractivity contribution in [2.75, 3.05) is 0 Å². The Kier molecular flexibility index (Phi) is 6.28. The van der Waals surface area contributed by atoms with Gasteiger partial charge in [0.2, 0.25) is 6.33 Å². The molecular weight excluding hydrogens is 186 g/mol. The summed E-state index contributed by atoms with van der Waals surface area (Å²) in [5.74, 6) is 0. The van der Waals surface area contributed by atoms with Crippen molar-refractivity contribution in [3.8, 4) is 5.40 Å². The standard InChI is InChI=1S/C7H10N2O.CHNS/c1-8-4-5-9(7-8)3-2-6-10;2-1-3/h2,4-7H,3H2,1H3;3H. The molecule has 0 atom stereocenters. The fraction of sp³-hybridized carbons (Fsp3) is 0.250. The van der Waals surface area contributed by atoms with Gasteiger partial charge in [-0.3, -0.25) is 0 Å². The van der Waals surface area contributed by atoms with Crippen molar-refractivity contribution in [1.29, 1.82) is 5.26 Å². The minimum absolute atomic E-state index is 0.720. The molecule has 0 amide bonds. The Morgan fingerprint density at radius 2 is 2.38 bits per heavy atom. The molecule has 4 nitrogen and oxygen atoms in total. The summed E-state index contributed by atoms with van der Waals surface area (Å²) in [6.45, 7) is 0.720. The van der Waals surface area contributed by atoms with Crippen LogP contribution in [0.2, 0.25) is 0 Å². The van der Waals surface area contributed by atoms with Gasteiger partial charge < -0.3 is 17.7 Å². The molecule has 0 aliphatic heterocycles. The number of nitriles is 1. The first kappa shape index (κ1) is 11.5. The summed E-state index contributed by atoms with van der Waals surface area (Å²) in [5, 5.41) is 16.8. The molecule has 0 saturated carbocycles.